The predicted octanol–water partition coefficient (Wildman–Crippen LogP) is 6.24. The maximum atomic E-state index is 5.40. The number of benzene rings is 2. The number of nitrogens with two attached hydrogens (primary N) is 1. The van der Waals surface area contributed by atoms with Crippen LogP contribution in [0, 0.1) is 13.8 Å². The van der Waals surface area contributed by atoms with Crippen LogP contribution < -0.4 is 5.73 Å². The highest BCUT2D eigenvalue weighted by atomic mass is 16.5. The molecular formula is C24H37NO. The molecule has 2 nitrogen and oxygen atoms in total. The third kappa shape index (κ3) is 19.9. The van der Waals surface area contributed by atoms with Gasteiger partial charge in [-0.3, -0.25) is 0 Å². The molecule has 0 aliphatic carbocycles. The molecular weight excluding hydrogens is 318 g/mol. The average molecular weight is 356 g/mol. The van der Waals surface area contributed by atoms with E-state index in [2.05, 4.69) is 50.2 Å². The fourth-order valence-corrected chi connectivity index (χ4v) is 1.45. The smallest absolute Gasteiger partial charge is 0.0643 e. The maximum Gasteiger partial charge on any atom is 0.0643 e. The molecule has 144 valence electrons. The molecule has 0 fully saturated rings. The average Bonchev–Trinajstić information content (AvgIpc) is 2.69. The second-order valence-electron chi connectivity index (χ2n) is 5.54. The molecule has 2 N–H and O–H groups in total. The summed E-state index contributed by atoms with van der Waals surface area (Å²) >= 11 is 0. The van der Waals surface area contributed by atoms with Crippen LogP contribution in [0.1, 0.15) is 37.5 Å². The Hall–Kier alpha value is -2.16. The summed E-state index contributed by atoms with van der Waals surface area (Å²) in [6.45, 7) is 11.5. The molecule has 0 aliphatic rings. The summed E-state index contributed by atoms with van der Waals surface area (Å²) in [7, 11) is 1.68. The Morgan fingerprint density at radius 2 is 1.27 bits per heavy atom. The first-order valence-corrected chi connectivity index (χ1v) is 9.00. The summed E-state index contributed by atoms with van der Waals surface area (Å²) in [6, 6.07) is 18.5. The third-order valence-electron chi connectivity index (χ3n) is 3.13. The minimum Gasteiger partial charge on any atom is -0.381 e. The zero-order valence-electron chi connectivity index (χ0n) is 17.4. The summed E-state index contributed by atoms with van der Waals surface area (Å²) in [5.74, 6) is 0. The summed E-state index contributed by atoms with van der Waals surface area (Å²) in [5, 5.41) is 0. The van der Waals surface area contributed by atoms with Crippen molar-refractivity contribution < 1.29 is 4.74 Å². The first kappa shape index (κ1) is 26.1. The Labute approximate surface area is 161 Å². The molecule has 0 heterocycles. The zero-order chi connectivity index (χ0) is 20.0. The van der Waals surface area contributed by atoms with Gasteiger partial charge >= 0.3 is 0 Å². The summed E-state index contributed by atoms with van der Waals surface area (Å²) in [4.78, 5) is 0. The quantitative estimate of drug-likeness (QED) is 0.661. The lowest BCUT2D eigenvalue weighted by molar-refractivity contribution is 0.234. The fourth-order valence-electron chi connectivity index (χ4n) is 1.45. The van der Waals surface area contributed by atoms with Gasteiger partial charge in [-0.05, 0) is 40.2 Å². The first-order valence-electron chi connectivity index (χ1n) is 9.00. The van der Waals surface area contributed by atoms with Crippen molar-refractivity contribution in [1.82, 2.24) is 0 Å². The number of aryl methyl sites for hydroxylation is 2. The van der Waals surface area contributed by atoms with Crippen molar-refractivity contribution in [3.05, 3.63) is 95.6 Å². The van der Waals surface area contributed by atoms with Gasteiger partial charge in [0.15, 0.2) is 0 Å². The molecule has 2 heteroatoms. The van der Waals surface area contributed by atoms with Gasteiger partial charge in [-0.1, -0.05) is 90.0 Å². The number of ether oxygens (including phenoxy) is 1. The lowest BCUT2D eigenvalue weighted by atomic mass is 10.2. The van der Waals surface area contributed by atoms with E-state index in [0.29, 0.717) is 6.54 Å². The van der Waals surface area contributed by atoms with E-state index in [4.69, 9.17) is 10.5 Å². The molecule has 26 heavy (non-hydrogen) atoms. The van der Waals surface area contributed by atoms with E-state index in [1.54, 1.807) is 7.11 Å². The second kappa shape index (κ2) is 20.9. The molecule has 2 aromatic rings. The normalized spacial score (nSPS) is 9.50. The molecule has 0 aliphatic heterocycles. The van der Waals surface area contributed by atoms with Crippen molar-refractivity contribution >= 4 is 0 Å². The van der Waals surface area contributed by atoms with Crippen LogP contribution in [0.5, 0.6) is 0 Å². The van der Waals surface area contributed by atoms with Crippen LogP contribution in [0.25, 0.3) is 0 Å². The molecule has 0 aromatic heterocycles. The van der Waals surface area contributed by atoms with E-state index in [-0.39, 0.29) is 0 Å². The van der Waals surface area contributed by atoms with Crippen LogP contribution in [0.2, 0.25) is 0 Å². The Morgan fingerprint density at radius 1 is 0.769 bits per heavy atom. The van der Waals surface area contributed by atoms with Crippen LogP contribution in [-0.2, 0) is 11.3 Å². The molecule has 0 bridgehead atoms. The van der Waals surface area contributed by atoms with Crippen molar-refractivity contribution in [2.24, 2.45) is 5.73 Å². The second-order valence-corrected chi connectivity index (χ2v) is 5.54. The van der Waals surface area contributed by atoms with Gasteiger partial charge < -0.3 is 10.5 Å². The molecule has 0 amide bonds. The number of allylic oxidation sites excluding steroid dienone is 3. The standard InChI is InChI=1S/C8H11N.C7H8.C5H10O.C4H8/c1-7-2-4-8(6-9)5-3-7;1-7-5-3-2-4-6-7;1-3-4-5-6-2;1-3-4-2/h2-5H,6,9H2,1H3;2-6H,1H3;3-4H,5H2,1-2H3;3-4H,1-2H3/b;;2*4-3+. The largest absolute Gasteiger partial charge is 0.381 e. The monoisotopic (exact) mass is 355 g/mol. The van der Waals surface area contributed by atoms with E-state index in [1.165, 1.54) is 16.7 Å². The maximum absolute atomic E-state index is 5.40. The number of methoxy groups -OCH3 is 1. The van der Waals surface area contributed by atoms with Crippen molar-refractivity contribution in [2.45, 2.75) is 41.2 Å². The Morgan fingerprint density at radius 3 is 1.54 bits per heavy atom. The van der Waals surface area contributed by atoms with Crippen LogP contribution in [-0.4, -0.2) is 13.7 Å². The van der Waals surface area contributed by atoms with Gasteiger partial charge in [-0.2, -0.15) is 0 Å². The van der Waals surface area contributed by atoms with E-state index in [9.17, 15) is 0 Å². The highest BCUT2D eigenvalue weighted by molar-refractivity contribution is 5.20. The molecule has 0 unspecified atom stereocenters. The van der Waals surface area contributed by atoms with Gasteiger partial charge in [0.25, 0.3) is 0 Å². The molecule has 0 saturated carbocycles. The zero-order valence-corrected chi connectivity index (χ0v) is 17.4. The van der Waals surface area contributed by atoms with Gasteiger partial charge in [-0.25, -0.2) is 0 Å². The van der Waals surface area contributed by atoms with Crippen LogP contribution in [0.15, 0.2) is 78.9 Å². The molecule has 0 radical (unpaired) electrons. The summed E-state index contributed by atoms with van der Waals surface area (Å²) in [6.07, 6.45) is 7.92. The SMILES string of the molecule is C/C=C/C.C/C=C/COC.Cc1ccc(CN)cc1.Cc1ccccc1. The van der Waals surface area contributed by atoms with E-state index >= 15 is 0 Å². The lowest BCUT2D eigenvalue weighted by Crippen LogP contribution is -1.94. The molecule has 2 rings (SSSR count). The fraction of sp³-hybridized carbons (Fsp3) is 0.333. The van der Waals surface area contributed by atoms with Gasteiger partial charge in [0.1, 0.15) is 0 Å². The van der Waals surface area contributed by atoms with Gasteiger partial charge in [0, 0.05) is 13.7 Å². The molecule has 2 aromatic carbocycles. The van der Waals surface area contributed by atoms with Crippen LogP contribution >= 0.6 is 0 Å². The lowest BCUT2D eigenvalue weighted by Gasteiger charge is -1.94. The highest BCUT2D eigenvalue weighted by Crippen LogP contribution is 2.00. The first-order chi connectivity index (χ1) is 12.5. The van der Waals surface area contributed by atoms with Gasteiger partial charge in [0.2, 0.25) is 0 Å². The Balaban J connectivity index is 0. The van der Waals surface area contributed by atoms with E-state index < -0.39 is 0 Å². The van der Waals surface area contributed by atoms with E-state index in [1.807, 2.05) is 63.3 Å². The molecule has 0 atom stereocenters. The topological polar surface area (TPSA) is 35.2 Å². The summed E-state index contributed by atoms with van der Waals surface area (Å²) in [5.41, 5.74) is 9.20. The predicted molar refractivity (Wildman–Crippen MR) is 117 cm³/mol. The number of hydrogen-bond donors (Lipinski definition) is 1. The highest BCUT2D eigenvalue weighted by Gasteiger charge is 1.85. The van der Waals surface area contributed by atoms with Crippen molar-refractivity contribution in [2.75, 3.05) is 13.7 Å². The van der Waals surface area contributed by atoms with Crippen molar-refractivity contribution in [3.63, 3.8) is 0 Å². The molecule has 0 spiro atoms. The van der Waals surface area contributed by atoms with Crippen LogP contribution in [0.3, 0.4) is 0 Å². The summed E-state index contributed by atoms with van der Waals surface area (Å²) < 4.78 is 4.70. The van der Waals surface area contributed by atoms with Crippen molar-refractivity contribution in [1.29, 1.82) is 0 Å². The van der Waals surface area contributed by atoms with Gasteiger partial charge in [0.05, 0.1) is 6.61 Å². The Bertz CT molecular complexity index is 553. The third-order valence-corrected chi connectivity index (χ3v) is 3.13. The minimum absolute atomic E-state index is 0.639. The Kier molecular flexibility index (Phi) is 20.9. The number of hydrogen-bond acceptors (Lipinski definition) is 2. The molecule has 0 saturated heterocycles. The van der Waals surface area contributed by atoms with Crippen molar-refractivity contribution in [3.8, 4) is 0 Å². The van der Waals surface area contributed by atoms with Gasteiger partial charge in [-0.15, -0.1) is 0 Å². The van der Waals surface area contributed by atoms with Crippen LogP contribution in [0.4, 0.5) is 0 Å². The minimum atomic E-state index is 0.639. The van der Waals surface area contributed by atoms with E-state index in [0.717, 1.165) is 6.61 Å². The number of rotatable bonds is 3.